The van der Waals surface area contributed by atoms with Gasteiger partial charge in [0.1, 0.15) is 6.54 Å². The molecular formula is C10H16N2O3S. The minimum atomic E-state index is -0.940. The van der Waals surface area contributed by atoms with Crippen molar-refractivity contribution in [1.82, 2.24) is 9.88 Å². The van der Waals surface area contributed by atoms with Crippen molar-refractivity contribution < 1.29 is 9.90 Å². The van der Waals surface area contributed by atoms with Gasteiger partial charge in [0.2, 0.25) is 5.91 Å². The van der Waals surface area contributed by atoms with Gasteiger partial charge >= 0.3 is 4.87 Å². The molecule has 0 aliphatic heterocycles. The first-order chi connectivity index (χ1) is 7.29. The highest BCUT2D eigenvalue weighted by molar-refractivity contribution is 7.07. The summed E-state index contributed by atoms with van der Waals surface area (Å²) >= 11 is 1.07. The first-order valence-electron chi connectivity index (χ1n) is 4.93. The Hall–Kier alpha value is -1.14. The van der Waals surface area contributed by atoms with E-state index in [0.29, 0.717) is 0 Å². The summed E-state index contributed by atoms with van der Waals surface area (Å²) in [6.07, 6.45) is 0. The number of carbonyl (C=O) groups excluding carboxylic acids is 1. The molecule has 2 N–H and O–H groups in total. The summed E-state index contributed by atoms with van der Waals surface area (Å²) < 4.78 is 1.41. The van der Waals surface area contributed by atoms with Gasteiger partial charge in [-0.25, -0.2) is 0 Å². The highest BCUT2D eigenvalue weighted by atomic mass is 32.1. The second-order valence-corrected chi connectivity index (χ2v) is 5.14. The zero-order valence-corrected chi connectivity index (χ0v) is 10.4. The van der Waals surface area contributed by atoms with E-state index in [1.807, 2.05) is 0 Å². The van der Waals surface area contributed by atoms with E-state index in [2.05, 4.69) is 5.32 Å². The Morgan fingerprint density at radius 2 is 2.25 bits per heavy atom. The van der Waals surface area contributed by atoms with Crippen molar-refractivity contribution in [2.75, 3.05) is 6.54 Å². The quantitative estimate of drug-likeness (QED) is 0.789. The van der Waals surface area contributed by atoms with Gasteiger partial charge in [0.05, 0.1) is 5.60 Å². The van der Waals surface area contributed by atoms with Crippen LogP contribution in [-0.2, 0) is 11.3 Å². The molecule has 1 aromatic heterocycles. The average molecular weight is 244 g/mol. The standard InChI is InChI=1S/C10H16N2O3S/c1-7-5-16-9(14)12(7)4-8(13)11-6-10(2,3)15/h5,15H,4,6H2,1-3H3,(H,11,13). The van der Waals surface area contributed by atoms with Crippen molar-refractivity contribution in [3.63, 3.8) is 0 Å². The summed E-state index contributed by atoms with van der Waals surface area (Å²) in [5, 5.41) is 13.7. The molecule has 0 bridgehead atoms. The number of thiazole rings is 1. The zero-order valence-electron chi connectivity index (χ0n) is 9.61. The fourth-order valence-electron chi connectivity index (χ4n) is 1.11. The molecule has 0 saturated carbocycles. The lowest BCUT2D eigenvalue weighted by Crippen LogP contribution is -2.40. The van der Waals surface area contributed by atoms with E-state index in [4.69, 9.17) is 0 Å². The van der Waals surface area contributed by atoms with Crippen LogP contribution in [0.25, 0.3) is 0 Å². The number of hydrogen-bond acceptors (Lipinski definition) is 4. The minimum Gasteiger partial charge on any atom is -0.389 e. The van der Waals surface area contributed by atoms with E-state index >= 15 is 0 Å². The van der Waals surface area contributed by atoms with E-state index in [-0.39, 0.29) is 23.9 Å². The number of aryl methyl sites for hydroxylation is 1. The molecule has 90 valence electrons. The molecule has 6 heteroatoms. The topological polar surface area (TPSA) is 71.3 Å². The van der Waals surface area contributed by atoms with Gasteiger partial charge in [-0.3, -0.25) is 14.2 Å². The lowest BCUT2D eigenvalue weighted by Gasteiger charge is -2.17. The third kappa shape index (κ3) is 3.79. The molecule has 1 aromatic rings. The van der Waals surface area contributed by atoms with Gasteiger partial charge in [-0.15, -0.1) is 0 Å². The molecular weight excluding hydrogens is 228 g/mol. The van der Waals surface area contributed by atoms with Crippen molar-refractivity contribution in [3.05, 3.63) is 20.7 Å². The summed E-state index contributed by atoms with van der Waals surface area (Å²) in [4.78, 5) is 22.7. The van der Waals surface area contributed by atoms with Crippen LogP contribution >= 0.6 is 11.3 Å². The molecule has 0 saturated heterocycles. The van der Waals surface area contributed by atoms with E-state index in [0.717, 1.165) is 17.0 Å². The van der Waals surface area contributed by atoms with Crippen LogP contribution < -0.4 is 10.2 Å². The molecule has 1 heterocycles. The van der Waals surface area contributed by atoms with Crippen LogP contribution in [-0.4, -0.2) is 27.7 Å². The monoisotopic (exact) mass is 244 g/mol. The summed E-state index contributed by atoms with van der Waals surface area (Å²) in [5.41, 5.74) is -0.168. The van der Waals surface area contributed by atoms with Crippen LogP contribution in [0.1, 0.15) is 19.5 Å². The predicted octanol–water partition coefficient (Wildman–Crippen LogP) is 0.105. The summed E-state index contributed by atoms with van der Waals surface area (Å²) in [5.74, 6) is -0.272. The minimum absolute atomic E-state index is 0.00421. The number of rotatable bonds is 4. The van der Waals surface area contributed by atoms with Crippen LogP contribution in [0, 0.1) is 6.92 Å². The van der Waals surface area contributed by atoms with Gasteiger partial charge in [0.25, 0.3) is 0 Å². The third-order valence-corrected chi connectivity index (χ3v) is 2.88. The molecule has 1 rings (SSSR count). The molecule has 16 heavy (non-hydrogen) atoms. The summed E-state index contributed by atoms with van der Waals surface area (Å²) in [6, 6.07) is 0. The molecule has 0 aliphatic rings. The predicted molar refractivity (Wildman–Crippen MR) is 62.6 cm³/mol. The van der Waals surface area contributed by atoms with Gasteiger partial charge < -0.3 is 10.4 Å². The number of aromatic nitrogens is 1. The highest BCUT2D eigenvalue weighted by Crippen LogP contribution is 2.00. The largest absolute Gasteiger partial charge is 0.389 e. The van der Waals surface area contributed by atoms with Crippen molar-refractivity contribution >= 4 is 17.2 Å². The van der Waals surface area contributed by atoms with Gasteiger partial charge in [0, 0.05) is 17.6 Å². The Labute approximate surface area is 97.7 Å². The van der Waals surface area contributed by atoms with Gasteiger partial charge in [-0.1, -0.05) is 11.3 Å². The van der Waals surface area contributed by atoms with Gasteiger partial charge in [-0.05, 0) is 20.8 Å². The van der Waals surface area contributed by atoms with Gasteiger partial charge in [0.15, 0.2) is 0 Å². The molecule has 0 unspecified atom stereocenters. The maximum Gasteiger partial charge on any atom is 0.307 e. The molecule has 0 radical (unpaired) electrons. The molecule has 0 atom stereocenters. The van der Waals surface area contributed by atoms with E-state index in [1.54, 1.807) is 26.2 Å². The summed E-state index contributed by atoms with van der Waals surface area (Å²) in [7, 11) is 0. The highest BCUT2D eigenvalue weighted by Gasteiger charge is 2.14. The van der Waals surface area contributed by atoms with Crippen molar-refractivity contribution in [3.8, 4) is 0 Å². The first kappa shape index (κ1) is 12.9. The van der Waals surface area contributed by atoms with Crippen LogP contribution in [0.5, 0.6) is 0 Å². The van der Waals surface area contributed by atoms with Crippen LogP contribution in [0.3, 0.4) is 0 Å². The van der Waals surface area contributed by atoms with Crippen LogP contribution in [0.4, 0.5) is 0 Å². The number of carbonyl (C=O) groups is 1. The maximum atomic E-state index is 11.5. The number of hydrogen-bond donors (Lipinski definition) is 2. The Morgan fingerprint density at radius 1 is 1.62 bits per heavy atom. The molecule has 5 nitrogen and oxygen atoms in total. The Bertz CT molecular complexity index is 428. The third-order valence-electron chi connectivity index (χ3n) is 2.00. The fourth-order valence-corrected chi connectivity index (χ4v) is 1.84. The summed E-state index contributed by atoms with van der Waals surface area (Å²) in [6.45, 7) is 5.17. The van der Waals surface area contributed by atoms with Crippen molar-refractivity contribution in [2.45, 2.75) is 32.9 Å². The number of nitrogens with one attached hydrogen (secondary N) is 1. The SMILES string of the molecule is Cc1csc(=O)n1CC(=O)NCC(C)(C)O. The normalized spacial score (nSPS) is 11.5. The maximum absolute atomic E-state index is 11.5. The number of nitrogens with zero attached hydrogens (tertiary/aromatic N) is 1. The average Bonchev–Trinajstić information content (AvgIpc) is 2.45. The Balaban J connectivity index is 2.56. The van der Waals surface area contributed by atoms with Crippen LogP contribution in [0.2, 0.25) is 0 Å². The van der Waals surface area contributed by atoms with Crippen molar-refractivity contribution in [2.24, 2.45) is 0 Å². The second-order valence-electron chi connectivity index (χ2n) is 4.32. The molecule has 0 fully saturated rings. The zero-order chi connectivity index (χ0) is 12.3. The van der Waals surface area contributed by atoms with E-state index in [1.165, 1.54) is 4.57 Å². The Morgan fingerprint density at radius 3 is 2.69 bits per heavy atom. The molecule has 1 amide bonds. The van der Waals surface area contributed by atoms with Gasteiger partial charge in [-0.2, -0.15) is 0 Å². The van der Waals surface area contributed by atoms with Crippen LogP contribution in [0.15, 0.2) is 10.2 Å². The van der Waals surface area contributed by atoms with E-state index < -0.39 is 5.60 Å². The Kier molecular flexibility index (Phi) is 3.88. The molecule has 0 aliphatic carbocycles. The number of aliphatic hydroxyl groups is 1. The lowest BCUT2D eigenvalue weighted by atomic mass is 10.1. The lowest BCUT2D eigenvalue weighted by molar-refractivity contribution is -0.122. The fraction of sp³-hybridized carbons (Fsp3) is 0.600. The smallest absolute Gasteiger partial charge is 0.307 e. The van der Waals surface area contributed by atoms with Crippen molar-refractivity contribution in [1.29, 1.82) is 0 Å². The molecule has 0 aromatic carbocycles. The van der Waals surface area contributed by atoms with E-state index in [9.17, 15) is 14.7 Å². The second kappa shape index (κ2) is 4.80. The first-order valence-corrected chi connectivity index (χ1v) is 5.81. The number of amides is 1. The molecule has 0 spiro atoms.